The van der Waals surface area contributed by atoms with Crippen LogP contribution in [-0.2, 0) is 11.2 Å². The minimum absolute atomic E-state index is 0.0763. The highest BCUT2D eigenvalue weighted by atomic mass is 16.1. The van der Waals surface area contributed by atoms with E-state index >= 15 is 0 Å². The smallest absolute Gasteiger partial charge is 0.137 e. The zero-order chi connectivity index (χ0) is 19.6. The van der Waals surface area contributed by atoms with E-state index in [0.29, 0.717) is 18.1 Å². The zero-order valence-corrected chi connectivity index (χ0v) is 17.7. The van der Waals surface area contributed by atoms with Gasteiger partial charge in [0.25, 0.3) is 0 Å². The van der Waals surface area contributed by atoms with Crippen molar-refractivity contribution in [3.05, 3.63) is 41.5 Å². The summed E-state index contributed by atoms with van der Waals surface area (Å²) in [7, 11) is 0. The topological polar surface area (TPSA) is 43.1 Å². The van der Waals surface area contributed by atoms with Gasteiger partial charge in [0.05, 0.1) is 0 Å². The van der Waals surface area contributed by atoms with E-state index < -0.39 is 0 Å². The van der Waals surface area contributed by atoms with E-state index in [1.54, 1.807) is 0 Å². The Morgan fingerprint density at radius 1 is 1.07 bits per heavy atom. The van der Waals surface area contributed by atoms with Crippen LogP contribution in [0, 0.1) is 11.8 Å². The number of Topliss-reactive ketones (excluding diaryl/α,β-unsaturated/α-hetero) is 1. The molecule has 150 valence electrons. The van der Waals surface area contributed by atoms with E-state index in [1.807, 2.05) is 6.92 Å². The number of allylic oxidation sites excluding steroid dienone is 1. The molecular formula is C25H39NO. The second-order valence-corrected chi connectivity index (χ2v) is 8.30. The summed E-state index contributed by atoms with van der Waals surface area (Å²) in [4.78, 5) is 12.7. The molecule has 0 spiro atoms. The Bertz CT molecular complexity index is 593. The molecule has 0 amide bonds. The van der Waals surface area contributed by atoms with Gasteiger partial charge < -0.3 is 5.73 Å². The van der Waals surface area contributed by atoms with Crippen molar-refractivity contribution in [2.24, 2.45) is 17.6 Å². The van der Waals surface area contributed by atoms with E-state index in [-0.39, 0.29) is 6.04 Å². The molecule has 2 heteroatoms. The van der Waals surface area contributed by atoms with Crippen LogP contribution < -0.4 is 5.73 Å². The average Bonchev–Trinajstić information content (AvgIpc) is 2.97. The number of nitrogens with two attached hydrogens (primary N) is 1. The van der Waals surface area contributed by atoms with E-state index in [9.17, 15) is 4.79 Å². The van der Waals surface area contributed by atoms with Crippen molar-refractivity contribution in [1.82, 2.24) is 0 Å². The van der Waals surface area contributed by atoms with Gasteiger partial charge in [0.15, 0.2) is 0 Å². The van der Waals surface area contributed by atoms with Crippen molar-refractivity contribution in [1.29, 1.82) is 0 Å². The quantitative estimate of drug-likeness (QED) is 0.517. The fourth-order valence-electron chi connectivity index (χ4n) is 4.65. The average molecular weight is 370 g/mol. The third-order valence-corrected chi connectivity index (χ3v) is 6.42. The van der Waals surface area contributed by atoms with Crippen LogP contribution >= 0.6 is 0 Å². The first-order valence-corrected chi connectivity index (χ1v) is 11.1. The van der Waals surface area contributed by atoms with Gasteiger partial charge in [-0.2, -0.15) is 0 Å². The van der Waals surface area contributed by atoms with E-state index in [0.717, 1.165) is 30.7 Å². The molecule has 0 aromatic heterocycles. The maximum Gasteiger partial charge on any atom is 0.137 e. The minimum atomic E-state index is 0.0763. The summed E-state index contributed by atoms with van der Waals surface area (Å²) < 4.78 is 0. The fraction of sp³-hybridized carbons (Fsp3) is 0.640. The SMILES string of the molecule is CC=C(c1ccc(CC(=O)CC(CC)C2CCCCCC2)cc1)C(N)CC. The van der Waals surface area contributed by atoms with Crippen LogP contribution in [0.3, 0.4) is 0 Å². The summed E-state index contributed by atoms with van der Waals surface area (Å²) in [6, 6.07) is 8.52. The monoisotopic (exact) mass is 369 g/mol. The van der Waals surface area contributed by atoms with Gasteiger partial charge in [-0.3, -0.25) is 4.79 Å². The van der Waals surface area contributed by atoms with Gasteiger partial charge in [0.1, 0.15) is 5.78 Å². The first-order valence-electron chi connectivity index (χ1n) is 11.1. The Morgan fingerprint density at radius 3 is 2.22 bits per heavy atom. The number of carbonyl (C=O) groups excluding carboxylic acids is 1. The van der Waals surface area contributed by atoms with Crippen LogP contribution in [-0.4, -0.2) is 11.8 Å². The molecule has 27 heavy (non-hydrogen) atoms. The van der Waals surface area contributed by atoms with Gasteiger partial charge in [0.2, 0.25) is 0 Å². The lowest BCUT2D eigenvalue weighted by atomic mass is 9.80. The third kappa shape index (κ3) is 6.60. The Morgan fingerprint density at radius 2 is 1.70 bits per heavy atom. The van der Waals surface area contributed by atoms with E-state index in [4.69, 9.17) is 5.73 Å². The van der Waals surface area contributed by atoms with Gasteiger partial charge in [-0.1, -0.05) is 89.1 Å². The third-order valence-electron chi connectivity index (χ3n) is 6.42. The highest BCUT2D eigenvalue weighted by Crippen LogP contribution is 2.33. The predicted molar refractivity (Wildman–Crippen MR) is 117 cm³/mol. The number of ketones is 1. The van der Waals surface area contributed by atoms with Crippen molar-refractivity contribution in [2.45, 2.75) is 91.0 Å². The second-order valence-electron chi connectivity index (χ2n) is 8.30. The fourth-order valence-corrected chi connectivity index (χ4v) is 4.65. The molecule has 2 unspecified atom stereocenters. The van der Waals surface area contributed by atoms with Crippen molar-refractivity contribution in [3.63, 3.8) is 0 Å². The van der Waals surface area contributed by atoms with Gasteiger partial charge in [0, 0.05) is 18.9 Å². The first kappa shape index (κ1) is 21.9. The van der Waals surface area contributed by atoms with Gasteiger partial charge >= 0.3 is 0 Å². The number of rotatable bonds is 9. The number of benzene rings is 1. The molecule has 0 heterocycles. The summed E-state index contributed by atoms with van der Waals surface area (Å²) >= 11 is 0. The van der Waals surface area contributed by atoms with Crippen LogP contribution in [0.25, 0.3) is 5.57 Å². The van der Waals surface area contributed by atoms with Gasteiger partial charge in [-0.05, 0) is 41.9 Å². The van der Waals surface area contributed by atoms with Crippen LogP contribution in [0.5, 0.6) is 0 Å². The zero-order valence-electron chi connectivity index (χ0n) is 17.7. The second kappa shape index (κ2) is 11.4. The molecule has 1 fully saturated rings. The van der Waals surface area contributed by atoms with Crippen LogP contribution in [0.4, 0.5) is 0 Å². The molecule has 1 aliphatic rings. The van der Waals surface area contributed by atoms with Crippen molar-refractivity contribution >= 4 is 11.4 Å². The molecule has 1 aromatic carbocycles. The molecule has 2 nitrogen and oxygen atoms in total. The summed E-state index contributed by atoms with van der Waals surface area (Å²) in [5.41, 5.74) is 9.70. The molecule has 0 radical (unpaired) electrons. The van der Waals surface area contributed by atoms with Crippen LogP contribution in [0.2, 0.25) is 0 Å². The number of hydrogen-bond acceptors (Lipinski definition) is 2. The first-order chi connectivity index (χ1) is 13.1. The largest absolute Gasteiger partial charge is 0.324 e. The molecular weight excluding hydrogens is 330 g/mol. The Labute approximate surface area is 166 Å². The number of hydrogen-bond donors (Lipinski definition) is 1. The molecule has 0 saturated heterocycles. The van der Waals surface area contributed by atoms with Crippen LogP contribution in [0.15, 0.2) is 30.3 Å². The molecule has 0 bridgehead atoms. The van der Waals surface area contributed by atoms with Crippen molar-refractivity contribution in [3.8, 4) is 0 Å². The number of carbonyl (C=O) groups is 1. The van der Waals surface area contributed by atoms with Crippen molar-refractivity contribution < 1.29 is 4.79 Å². The maximum atomic E-state index is 12.7. The minimum Gasteiger partial charge on any atom is -0.324 e. The summed E-state index contributed by atoms with van der Waals surface area (Å²) in [6.07, 6.45) is 13.6. The Balaban J connectivity index is 1.94. The van der Waals surface area contributed by atoms with Crippen molar-refractivity contribution in [2.75, 3.05) is 0 Å². The summed E-state index contributed by atoms with van der Waals surface area (Å²) in [6.45, 7) is 6.41. The molecule has 0 aliphatic heterocycles. The van der Waals surface area contributed by atoms with Crippen LogP contribution in [0.1, 0.15) is 89.7 Å². The highest BCUT2D eigenvalue weighted by molar-refractivity contribution is 5.81. The molecule has 2 N–H and O–H groups in total. The standard InChI is InChI=1S/C25H39NO/c1-4-20(21-11-9-7-8-10-12-21)18-23(27)17-19-13-15-22(16-14-19)24(5-2)25(26)6-3/h5,13-16,20-21,25H,4,6-12,17-18,26H2,1-3H3. The van der Waals surface area contributed by atoms with E-state index in [2.05, 4.69) is 44.2 Å². The maximum absolute atomic E-state index is 12.7. The lowest BCUT2D eigenvalue weighted by molar-refractivity contribution is -0.119. The Hall–Kier alpha value is -1.41. The predicted octanol–water partition coefficient (Wildman–Crippen LogP) is 6.33. The molecule has 1 aromatic rings. The summed E-state index contributed by atoms with van der Waals surface area (Å²) in [5.74, 6) is 1.74. The lowest BCUT2D eigenvalue weighted by Crippen LogP contribution is -2.20. The summed E-state index contributed by atoms with van der Waals surface area (Å²) in [5, 5.41) is 0. The lowest BCUT2D eigenvalue weighted by Gasteiger charge is -2.24. The molecule has 1 aliphatic carbocycles. The normalized spacial score (nSPS) is 18.7. The van der Waals surface area contributed by atoms with Gasteiger partial charge in [-0.25, -0.2) is 0 Å². The Kier molecular flexibility index (Phi) is 9.27. The van der Waals surface area contributed by atoms with Gasteiger partial charge in [-0.15, -0.1) is 0 Å². The molecule has 2 atom stereocenters. The highest BCUT2D eigenvalue weighted by Gasteiger charge is 2.23. The van der Waals surface area contributed by atoms with E-state index in [1.165, 1.54) is 49.7 Å². The molecule has 1 saturated carbocycles. The molecule has 2 rings (SSSR count).